The summed E-state index contributed by atoms with van der Waals surface area (Å²) in [6.45, 7) is 0.368. The molecule has 5 rings (SSSR count). The van der Waals surface area contributed by atoms with Gasteiger partial charge in [0.2, 0.25) is 0 Å². The zero-order valence-electron chi connectivity index (χ0n) is 17.4. The molecule has 7 nitrogen and oxygen atoms in total. The van der Waals surface area contributed by atoms with Crippen LogP contribution in [-0.2, 0) is 6.54 Å². The van der Waals surface area contributed by atoms with Crippen LogP contribution < -0.4 is 15.0 Å². The molecule has 160 valence electrons. The van der Waals surface area contributed by atoms with Gasteiger partial charge in [-0.1, -0.05) is 18.2 Å². The molecule has 0 amide bonds. The van der Waals surface area contributed by atoms with Crippen LogP contribution in [0, 0.1) is 5.82 Å². The first-order valence-electron chi connectivity index (χ1n) is 9.92. The van der Waals surface area contributed by atoms with Crippen molar-refractivity contribution in [2.45, 2.75) is 6.54 Å². The molecule has 8 heteroatoms. The van der Waals surface area contributed by atoms with Gasteiger partial charge in [-0.05, 0) is 41.5 Å². The van der Waals surface area contributed by atoms with E-state index < -0.39 is 0 Å². The zero-order chi connectivity index (χ0) is 22.2. The number of fused-ring (bicyclic) bond motifs is 3. The summed E-state index contributed by atoms with van der Waals surface area (Å²) in [5, 5.41) is 4.88. The second-order valence-corrected chi connectivity index (χ2v) is 7.30. The molecule has 0 saturated carbocycles. The molecule has 0 radical (unpaired) electrons. The van der Waals surface area contributed by atoms with Gasteiger partial charge >= 0.3 is 0 Å². The fourth-order valence-electron chi connectivity index (χ4n) is 3.79. The van der Waals surface area contributed by atoms with E-state index in [-0.39, 0.29) is 11.4 Å². The van der Waals surface area contributed by atoms with Crippen molar-refractivity contribution in [2.75, 3.05) is 14.2 Å². The largest absolute Gasteiger partial charge is 0.493 e. The molecule has 0 spiro atoms. The maximum atomic E-state index is 13.3. The third kappa shape index (κ3) is 3.26. The molecule has 0 aliphatic rings. The Bertz CT molecular complexity index is 1510. The minimum atomic E-state index is -0.307. The van der Waals surface area contributed by atoms with E-state index in [9.17, 15) is 9.18 Å². The lowest BCUT2D eigenvalue weighted by Gasteiger charge is -2.11. The average Bonchev–Trinajstić information content (AvgIpc) is 3.25. The number of rotatable bonds is 5. The van der Waals surface area contributed by atoms with E-state index in [1.54, 1.807) is 54.0 Å². The van der Waals surface area contributed by atoms with Gasteiger partial charge in [0.15, 0.2) is 17.1 Å². The quantitative estimate of drug-likeness (QED) is 0.423. The first-order valence-corrected chi connectivity index (χ1v) is 9.92. The first-order chi connectivity index (χ1) is 15.6. The summed E-state index contributed by atoms with van der Waals surface area (Å²) in [6, 6.07) is 13.5. The van der Waals surface area contributed by atoms with Crippen molar-refractivity contribution in [1.29, 1.82) is 0 Å². The lowest BCUT2D eigenvalue weighted by atomic mass is 10.1. The monoisotopic (exact) mass is 430 g/mol. The minimum Gasteiger partial charge on any atom is -0.493 e. The Morgan fingerprint density at radius 2 is 1.75 bits per heavy atom. The van der Waals surface area contributed by atoms with E-state index in [0.29, 0.717) is 34.6 Å². The highest BCUT2D eigenvalue weighted by molar-refractivity contribution is 5.85. The summed E-state index contributed by atoms with van der Waals surface area (Å²) in [4.78, 5) is 17.6. The molecule has 0 fully saturated rings. The Morgan fingerprint density at radius 3 is 2.50 bits per heavy atom. The van der Waals surface area contributed by atoms with Crippen LogP contribution in [0.5, 0.6) is 11.5 Å². The molecule has 3 aromatic heterocycles. The zero-order valence-corrected chi connectivity index (χ0v) is 17.4. The predicted octanol–water partition coefficient (Wildman–Crippen LogP) is 3.92. The number of halogens is 1. The fourth-order valence-corrected chi connectivity index (χ4v) is 3.79. The van der Waals surface area contributed by atoms with Crippen LogP contribution in [0.1, 0.15) is 5.56 Å². The number of methoxy groups -OCH3 is 2. The van der Waals surface area contributed by atoms with Crippen molar-refractivity contribution in [2.24, 2.45) is 0 Å². The lowest BCUT2D eigenvalue weighted by Crippen LogP contribution is -2.21. The predicted molar refractivity (Wildman–Crippen MR) is 119 cm³/mol. The number of nitrogens with zero attached hydrogens (tertiary/aromatic N) is 4. The number of pyridine rings is 1. The van der Waals surface area contributed by atoms with Gasteiger partial charge in [0.1, 0.15) is 5.82 Å². The second kappa shape index (κ2) is 7.81. The van der Waals surface area contributed by atoms with Crippen LogP contribution in [-0.4, -0.2) is 33.4 Å². The lowest BCUT2D eigenvalue weighted by molar-refractivity contribution is 0.354. The standard InChI is InChI=1S/C24H19FN4O3/c1-31-21-8-3-15(11-22(21)32-2)14-28-10-9-20-19(24(28)30)12-26-23-18(13-27-29(20)23)16-4-6-17(25)7-5-16/h3-13H,14H2,1-2H3. The van der Waals surface area contributed by atoms with Gasteiger partial charge in [0, 0.05) is 18.0 Å². The van der Waals surface area contributed by atoms with Gasteiger partial charge < -0.3 is 14.0 Å². The van der Waals surface area contributed by atoms with Crippen molar-refractivity contribution >= 4 is 16.6 Å². The van der Waals surface area contributed by atoms with E-state index in [2.05, 4.69) is 10.1 Å². The van der Waals surface area contributed by atoms with Gasteiger partial charge in [-0.15, -0.1) is 0 Å². The van der Waals surface area contributed by atoms with Gasteiger partial charge in [0.05, 0.1) is 37.9 Å². The number of aromatic nitrogens is 4. The second-order valence-electron chi connectivity index (χ2n) is 7.30. The Kier molecular flexibility index (Phi) is 4.82. The smallest absolute Gasteiger partial charge is 0.261 e. The Balaban J connectivity index is 1.56. The molecule has 32 heavy (non-hydrogen) atoms. The highest BCUT2D eigenvalue weighted by Crippen LogP contribution is 2.28. The molecule has 2 aromatic carbocycles. The van der Waals surface area contributed by atoms with Crippen LogP contribution in [0.15, 0.2) is 71.9 Å². The van der Waals surface area contributed by atoms with Crippen molar-refractivity contribution in [1.82, 2.24) is 19.2 Å². The Morgan fingerprint density at radius 1 is 0.969 bits per heavy atom. The number of ether oxygens (including phenoxy) is 2. The van der Waals surface area contributed by atoms with Gasteiger partial charge in [-0.2, -0.15) is 5.10 Å². The SMILES string of the molecule is COc1ccc(Cn2ccc3c(cnc4c(-c5ccc(F)cc5)cnn43)c2=O)cc1OC. The van der Waals surface area contributed by atoms with Gasteiger partial charge in [-0.25, -0.2) is 13.9 Å². The normalized spacial score (nSPS) is 11.2. The summed E-state index contributed by atoms with van der Waals surface area (Å²) in [5.74, 6) is 0.926. The van der Waals surface area contributed by atoms with Crippen molar-refractivity contribution in [3.05, 3.63) is 88.9 Å². The Hall–Kier alpha value is -4.20. The molecule has 3 heterocycles. The maximum absolute atomic E-state index is 13.3. The molecule has 0 aliphatic carbocycles. The molecule has 0 saturated heterocycles. The summed E-state index contributed by atoms with van der Waals surface area (Å²) < 4.78 is 27.2. The topological polar surface area (TPSA) is 70.6 Å². The van der Waals surface area contributed by atoms with E-state index >= 15 is 0 Å². The van der Waals surface area contributed by atoms with E-state index in [4.69, 9.17) is 9.47 Å². The first kappa shape index (κ1) is 19.7. The highest BCUT2D eigenvalue weighted by Gasteiger charge is 2.14. The van der Waals surface area contributed by atoms with Gasteiger partial charge in [-0.3, -0.25) is 4.79 Å². The van der Waals surface area contributed by atoms with Crippen molar-refractivity contribution in [3.63, 3.8) is 0 Å². The molecule has 0 N–H and O–H groups in total. The summed E-state index contributed by atoms with van der Waals surface area (Å²) in [6.07, 6.45) is 4.97. The van der Waals surface area contributed by atoms with E-state index in [0.717, 1.165) is 16.7 Å². The van der Waals surface area contributed by atoms with Gasteiger partial charge in [0.25, 0.3) is 5.56 Å². The summed E-state index contributed by atoms with van der Waals surface area (Å²) >= 11 is 0. The van der Waals surface area contributed by atoms with Crippen LogP contribution >= 0.6 is 0 Å². The van der Waals surface area contributed by atoms with E-state index in [1.165, 1.54) is 12.1 Å². The average molecular weight is 430 g/mol. The van der Waals surface area contributed by atoms with Crippen LogP contribution in [0.25, 0.3) is 27.7 Å². The molecular weight excluding hydrogens is 411 g/mol. The maximum Gasteiger partial charge on any atom is 0.261 e. The van der Waals surface area contributed by atoms with Crippen LogP contribution in [0.3, 0.4) is 0 Å². The van der Waals surface area contributed by atoms with Crippen molar-refractivity contribution in [3.8, 4) is 22.6 Å². The molecule has 5 aromatic rings. The molecular formula is C24H19FN4O3. The number of hydrogen-bond acceptors (Lipinski definition) is 5. The van der Waals surface area contributed by atoms with E-state index in [1.807, 2.05) is 24.3 Å². The van der Waals surface area contributed by atoms with Crippen molar-refractivity contribution < 1.29 is 13.9 Å². The third-order valence-corrected chi connectivity index (χ3v) is 5.42. The fraction of sp³-hybridized carbons (Fsp3) is 0.125. The minimum absolute atomic E-state index is 0.175. The number of benzene rings is 2. The number of hydrogen-bond donors (Lipinski definition) is 0. The van der Waals surface area contributed by atoms with Crippen LogP contribution in [0.2, 0.25) is 0 Å². The van der Waals surface area contributed by atoms with Crippen LogP contribution in [0.4, 0.5) is 4.39 Å². The summed E-state index contributed by atoms with van der Waals surface area (Å²) in [5.41, 5.74) is 3.54. The molecule has 0 aliphatic heterocycles. The highest BCUT2D eigenvalue weighted by atomic mass is 19.1. The molecule has 0 bridgehead atoms. The summed E-state index contributed by atoms with van der Waals surface area (Å²) in [7, 11) is 3.15. The molecule has 0 unspecified atom stereocenters. The molecule has 0 atom stereocenters. The Labute approximate surface area is 182 Å². The third-order valence-electron chi connectivity index (χ3n) is 5.42.